The van der Waals surface area contributed by atoms with E-state index in [0.717, 1.165) is 37.0 Å². The van der Waals surface area contributed by atoms with Crippen LogP contribution in [0.15, 0.2) is 49.6 Å². The first kappa shape index (κ1) is 46.5. The Balaban J connectivity index is 0. The standard InChI is InChI=1S/C17H18O4S.C16H16O4S.Na.H2O.2H2S/c1-5-11-7-12-8-16(22-15(12)9-14(11)20-3)13(18)6-10(2)17(19)21-4;1-4-10-6-11-7-15(12(17)5-9(2)16(18)19)21-14(11)8-13(10)20-3;;;;/h5,7-10H,1,6H2,2-4H3;4,6-9H,1,5H2,2-3H3,(H,18,19);;3*1H2/q;;+1;;;/p-1/t10-;9-;;;;/m00..../s1. The van der Waals surface area contributed by atoms with Crippen molar-refractivity contribution >= 4 is 105 Å². The Morgan fingerprint density at radius 2 is 1.13 bits per heavy atom. The number of methoxy groups -OCH3 is 3. The van der Waals surface area contributed by atoms with Gasteiger partial charge in [-0.1, -0.05) is 39.2 Å². The van der Waals surface area contributed by atoms with Crippen LogP contribution in [0.25, 0.3) is 32.3 Å². The molecule has 47 heavy (non-hydrogen) atoms. The Kier molecular flexibility index (Phi) is 21.1. The number of ketones is 2. The van der Waals surface area contributed by atoms with Crippen molar-refractivity contribution in [2.75, 3.05) is 21.3 Å². The summed E-state index contributed by atoms with van der Waals surface area (Å²) in [5.41, 5.74) is 1.75. The van der Waals surface area contributed by atoms with Gasteiger partial charge in [-0.15, -0.1) is 22.7 Å². The quantitative estimate of drug-likeness (QED) is 0.123. The van der Waals surface area contributed by atoms with Gasteiger partial charge in [0.05, 0.1) is 42.9 Å². The van der Waals surface area contributed by atoms with E-state index in [1.165, 1.54) is 36.7 Å². The maximum atomic E-state index is 12.3. The van der Waals surface area contributed by atoms with Crippen LogP contribution in [0.3, 0.4) is 0 Å². The molecule has 0 unspecified atom stereocenters. The number of carbonyl (C=O) groups is 4. The number of aliphatic carboxylic acids is 1. The number of carboxylic acid groups (broad SMARTS) is 1. The fourth-order valence-electron chi connectivity index (χ4n) is 4.25. The molecule has 4 rings (SSSR count). The monoisotopic (exact) mass is 730 g/mol. The molecule has 0 saturated heterocycles. The van der Waals surface area contributed by atoms with E-state index in [0.29, 0.717) is 15.5 Å². The van der Waals surface area contributed by atoms with Crippen LogP contribution in [-0.4, -0.2) is 55.4 Å². The Morgan fingerprint density at radius 3 is 1.45 bits per heavy atom. The van der Waals surface area contributed by atoms with E-state index >= 15 is 0 Å². The maximum Gasteiger partial charge on any atom is 1.00 e. The zero-order valence-electron chi connectivity index (χ0n) is 27.2. The summed E-state index contributed by atoms with van der Waals surface area (Å²) in [5.74, 6) is -1.22. The van der Waals surface area contributed by atoms with E-state index in [2.05, 4.69) is 17.9 Å². The van der Waals surface area contributed by atoms with Gasteiger partial charge in [0.25, 0.3) is 0 Å². The Morgan fingerprint density at radius 1 is 0.745 bits per heavy atom. The molecular weight excluding hydrogens is 692 g/mol. The molecule has 4 aromatic rings. The molecule has 2 aromatic heterocycles. The molecule has 0 amide bonds. The Bertz CT molecular complexity index is 1710. The number of carbonyl (C=O) groups excluding carboxylic acids is 3. The minimum atomic E-state index is -0.958. The van der Waals surface area contributed by atoms with Gasteiger partial charge in [0.15, 0.2) is 11.6 Å². The zero-order valence-corrected chi connectivity index (χ0v) is 32.8. The van der Waals surface area contributed by atoms with E-state index in [9.17, 15) is 19.2 Å². The van der Waals surface area contributed by atoms with Gasteiger partial charge in [-0.25, -0.2) is 0 Å². The van der Waals surface area contributed by atoms with Crippen LogP contribution in [-0.2, 0) is 14.3 Å². The Labute approximate surface area is 318 Å². The molecule has 2 atom stereocenters. The molecule has 2 heterocycles. The van der Waals surface area contributed by atoms with Crippen molar-refractivity contribution in [3.63, 3.8) is 0 Å². The number of hydrogen-bond acceptors (Lipinski definition) is 10. The second kappa shape index (κ2) is 21.4. The molecule has 14 heteroatoms. The smallest absolute Gasteiger partial charge is 0.870 e. The minimum absolute atomic E-state index is 0. The van der Waals surface area contributed by atoms with Crippen LogP contribution in [0.5, 0.6) is 11.5 Å². The molecule has 2 N–H and O–H groups in total. The van der Waals surface area contributed by atoms with E-state index in [4.69, 9.17) is 14.6 Å². The topological polar surface area (TPSA) is 146 Å². The van der Waals surface area contributed by atoms with Gasteiger partial charge in [-0.3, -0.25) is 19.2 Å². The second-order valence-electron chi connectivity index (χ2n) is 9.81. The van der Waals surface area contributed by atoms with Crippen LogP contribution in [0.4, 0.5) is 0 Å². The predicted molar refractivity (Wildman–Crippen MR) is 196 cm³/mol. The van der Waals surface area contributed by atoms with Gasteiger partial charge in [0.1, 0.15) is 11.5 Å². The number of esters is 1. The van der Waals surface area contributed by atoms with Crippen LogP contribution in [0, 0.1) is 11.8 Å². The van der Waals surface area contributed by atoms with Crippen molar-refractivity contribution in [3.8, 4) is 11.5 Å². The second-order valence-corrected chi connectivity index (χ2v) is 12.0. The fraction of sp³-hybridized carbons (Fsp3) is 0.273. The molecule has 0 aliphatic carbocycles. The Hall–Kier alpha value is -2.62. The molecule has 250 valence electrons. The van der Waals surface area contributed by atoms with Gasteiger partial charge in [0, 0.05) is 33.4 Å². The van der Waals surface area contributed by atoms with Gasteiger partial charge in [0.2, 0.25) is 0 Å². The number of fused-ring (bicyclic) bond motifs is 2. The van der Waals surface area contributed by atoms with E-state index in [-0.39, 0.29) is 92.4 Å². The number of Topliss-reactive ketones (excluding diaryl/α,β-unsaturated/α-hetero) is 2. The molecule has 0 radical (unpaired) electrons. The summed E-state index contributed by atoms with van der Waals surface area (Å²) in [7, 11) is 4.51. The van der Waals surface area contributed by atoms with E-state index < -0.39 is 17.8 Å². The van der Waals surface area contributed by atoms with Gasteiger partial charge in [-0.05, 0) is 47.2 Å². The molecule has 0 aliphatic rings. The average molecular weight is 731 g/mol. The molecule has 0 saturated carbocycles. The molecular formula is C33H39NaO9S4. The van der Waals surface area contributed by atoms with E-state index in [1.807, 2.05) is 30.3 Å². The summed E-state index contributed by atoms with van der Waals surface area (Å²) in [6.07, 6.45) is 3.57. The molecule has 9 nitrogen and oxygen atoms in total. The maximum absolute atomic E-state index is 12.3. The molecule has 0 aliphatic heterocycles. The van der Waals surface area contributed by atoms with Crippen molar-refractivity contribution in [1.29, 1.82) is 0 Å². The fourth-order valence-corrected chi connectivity index (χ4v) is 6.29. The summed E-state index contributed by atoms with van der Waals surface area (Å²) >= 11 is 2.75. The number of thiophene rings is 2. The van der Waals surface area contributed by atoms with Crippen molar-refractivity contribution < 1.29 is 73.5 Å². The third kappa shape index (κ3) is 11.8. The average Bonchev–Trinajstić information content (AvgIpc) is 3.62. The number of hydrogen-bond donors (Lipinski definition) is 1. The predicted octanol–water partition coefficient (Wildman–Crippen LogP) is 4.83. The van der Waals surface area contributed by atoms with Crippen molar-refractivity contribution in [3.05, 3.63) is 70.4 Å². The first-order valence-electron chi connectivity index (χ1n) is 13.3. The van der Waals surface area contributed by atoms with Crippen molar-refractivity contribution in [2.45, 2.75) is 26.7 Å². The van der Waals surface area contributed by atoms with E-state index in [1.54, 1.807) is 39.4 Å². The van der Waals surface area contributed by atoms with Crippen LogP contribution in [0.2, 0.25) is 0 Å². The largest absolute Gasteiger partial charge is 1.00 e. The number of ether oxygens (including phenoxy) is 3. The summed E-state index contributed by atoms with van der Waals surface area (Å²) in [4.78, 5) is 47.9. The van der Waals surface area contributed by atoms with Gasteiger partial charge < -0.3 is 24.8 Å². The van der Waals surface area contributed by atoms with Crippen molar-refractivity contribution in [2.24, 2.45) is 11.8 Å². The number of carboxylic acids is 1. The van der Waals surface area contributed by atoms with Gasteiger partial charge in [-0.2, -0.15) is 27.0 Å². The van der Waals surface area contributed by atoms with Crippen LogP contribution in [0.1, 0.15) is 57.2 Å². The summed E-state index contributed by atoms with van der Waals surface area (Å²) in [5, 5.41) is 10.8. The minimum Gasteiger partial charge on any atom is -0.870 e. The summed E-state index contributed by atoms with van der Waals surface area (Å²) < 4.78 is 17.2. The third-order valence-electron chi connectivity index (χ3n) is 6.74. The van der Waals surface area contributed by atoms with Crippen LogP contribution < -0.4 is 39.0 Å². The molecule has 0 bridgehead atoms. The first-order valence-corrected chi connectivity index (χ1v) is 14.9. The van der Waals surface area contributed by atoms with Crippen LogP contribution >= 0.6 is 49.7 Å². The summed E-state index contributed by atoms with van der Waals surface area (Å²) in [6, 6.07) is 11.3. The number of benzene rings is 2. The van der Waals surface area contributed by atoms with Crippen molar-refractivity contribution in [1.82, 2.24) is 0 Å². The third-order valence-corrected chi connectivity index (χ3v) is 9.01. The molecule has 2 aromatic carbocycles. The molecule has 0 fully saturated rings. The SMILES string of the molecule is C=Cc1cc2cc(C(=O)C[C@H](C)C(=O)O)sc2cc1OC.C=Cc1cc2cc(C(=O)C[C@H](C)C(=O)OC)sc2cc1OC.S.S.[Na+].[OH-]. The number of rotatable bonds is 12. The molecule has 0 spiro atoms. The zero-order chi connectivity index (χ0) is 31.8. The van der Waals surface area contributed by atoms with Gasteiger partial charge >= 0.3 is 41.5 Å². The summed E-state index contributed by atoms with van der Waals surface area (Å²) in [6.45, 7) is 10.7. The first-order chi connectivity index (χ1) is 20.4. The normalized spacial score (nSPS) is 11.0.